The van der Waals surface area contributed by atoms with Crippen molar-refractivity contribution in [3.8, 4) is 11.1 Å². The molecule has 0 N–H and O–H groups in total. The maximum absolute atomic E-state index is 3.82. The van der Waals surface area contributed by atoms with Gasteiger partial charge in [0.2, 0.25) is 0 Å². The smallest absolute Gasteiger partial charge is 0.0186 e. The molecule has 0 nitrogen and oxygen atoms in total. The maximum Gasteiger partial charge on any atom is 0.0186 e. The molecule has 7 rings (SSSR count). The highest BCUT2D eigenvalue weighted by Gasteiger charge is 2.43. The van der Waals surface area contributed by atoms with Crippen LogP contribution in [-0.4, -0.2) is 0 Å². The minimum Gasteiger partial charge on any atom is -0.130 e. The molecule has 2 heteroatoms. The molecular formula is C32H21BrS. The molecule has 1 heterocycles. The minimum absolute atomic E-state index is 1.12. The summed E-state index contributed by atoms with van der Waals surface area (Å²) in [6.45, 7) is 0. The van der Waals surface area contributed by atoms with Crippen molar-refractivity contribution in [1.82, 2.24) is 0 Å². The van der Waals surface area contributed by atoms with Gasteiger partial charge in [0.05, 0.1) is 0 Å². The van der Waals surface area contributed by atoms with Crippen molar-refractivity contribution in [3.63, 3.8) is 0 Å². The van der Waals surface area contributed by atoms with E-state index < -0.39 is 10.0 Å². The highest BCUT2D eigenvalue weighted by atomic mass is 79.9. The average molecular weight is 517 g/mol. The van der Waals surface area contributed by atoms with Gasteiger partial charge in [-0.2, -0.15) is 0 Å². The molecule has 0 bridgehead atoms. The van der Waals surface area contributed by atoms with Crippen LogP contribution < -0.4 is 0 Å². The van der Waals surface area contributed by atoms with E-state index >= 15 is 0 Å². The molecule has 0 amide bonds. The first-order chi connectivity index (χ1) is 16.8. The summed E-state index contributed by atoms with van der Waals surface area (Å²) in [6.07, 6.45) is 0. The van der Waals surface area contributed by atoms with Gasteiger partial charge in [0.1, 0.15) is 0 Å². The van der Waals surface area contributed by atoms with Gasteiger partial charge >= 0.3 is 0 Å². The number of fused-ring (bicyclic) bond motifs is 5. The maximum atomic E-state index is 3.82. The number of hydrogen-bond acceptors (Lipinski definition) is 0. The number of hydrogen-bond donors (Lipinski definition) is 0. The van der Waals surface area contributed by atoms with Gasteiger partial charge in [0, 0.05) is 24.1 Å². The standard InChI is InChI=1S/C32H21BrS/c33-24-19-20-28-27-15-5-6-16-31(27)34(32(28)21-24,29-17-7-11-22-9-1-3-13-25(22)29)30-18-8-12-23-10-2-4-14-26(23)30/h1-21H. The minimum atomic E-state index is -1.74. The predicted octanol–water partition coefficient (Wildman–Crippen LogP) is 10.1. The van der Waals surface area contributed by atoms with E-state index in [0.717, 1.165) is 4.47 Å². The molecule has 0 unspecified atom stereocenters. The third-order valence-electron chi connectivity index (χ3n) is 6.94. The molecular weight excluding hydrogens is 496 g/mol. The molecule has 162 valence electrons. The molecule has 1 aliphatic rings. The fourth-order valence-corrected chi connectivity index (χ4v) is 10.7. The predicted molar refractivity (Wildman–Crippen MR) is 148 cm³/mol. The van der Waals surface area contributed by atoms with Crippen LogP contribution in [0.1, 0.15) is 0 Å². The van der Waals surface area contributed by atoms with Crippen molar-refractivity contribution in [2.45, 2.75) is 19.6 Å². The normalized spacial score (nSPS) is 14.6. The van der Waals surface area contributed by atoms with Crippen molar-refractivity contribution in [3.05, 3.63) is 132 Å². The van der Waals surface area contributed by atoms with Crippen LogP contribution in [0.3, 0.4) is 0 Å². The molecule has 0 saturated carbocycles. The Labute approximate surface area is 209 Å². The number of rotatable bonds is 2. The van der Waals surface area contributed by atoms with E-state index in [1.165, 1.54) is 52.3 Å². The second-order valence-electron chi connectivity index (χ2n) is 8.70. The number of halogens is 1. The highest BCUT2D eigenvalue weighted by molar-refractivity contribution is 9.10. The molecule has 0 fully saturated rings. The summed E-state index contributed by atoms with van der Waals surface area (Å²) in [4.78, 5) is 5.66. The summed E-state index contributed by atoms with van der Waals surface area (Å²) < 4.78 is 1.12. The Hall–Kier alpha value is -3.33. The molecule has 0 spiro atoms. The average Bonchev–Trinajstić information content (AvgIpc) is 3.18. The molecule has 1 aliphatic heterocycles. The Morgan fingerprint density at radius 1 is 0.412 bits per heavy atom. The summed E-state index contributed by atoms with van der Waals surface area (Å²) >= 11 is 3.82. The van der Waals surface area contributed by atoms with Crippen molar-refractivity contribution >= 4 is 47.5 Å². The SMILES string of the molecule is Brc1ccc2c(c1)S(c1cccc3ccccc13)(c1cccc3ccccc13)c1ccccc1-2. The van der Waals surface area contributed by atoms with E-state index in [1.54, 1.807) is 0 Å². The third-order valence-corrected chi connectivity index (χ3v) is 11.5. The summed E-state index contributed by atoms with van der Waals surface area (Å²) in [5.74, 6) is 0. The Bertz CT molecular complexity index is 1640. The molecule has 0 radical (unpaired) electrons. The van der Waals surface area contributed by atoms with E-state index in [0.29, 0.717) is 0 Å². The highest BCUT2D eigenvalue weighted by Crippen LogP contribution is 2.81. The second-order valence-corrected chi connectivity index (χ2v) is 12.6. The summed E-state index contributed by atoms with van der Waals surface area (Å²) in [5.41, 5.74) is 2.69. The van der Waals surface area contributed by atoms with Gasteiger partial charge in [-0.1, -0.05) is 113 Å². The fraction of sp³-hybridized carbons (Fsp3) is 0. The topological polar surface area (TPSA) is 0 Å². The van der Waals surface area contributed by atoms with Gasteiger partial charge in [-0.15, -0.1) is 10.0 Å². The van der Waals surface area contributed by atoms with E-state index in [4.69, 9.17) is 0 Å². The van der Waals surface area contributed by atoms with Crippen molar-refractivity contribution in [1.29, 1.82) is 0 Å². The van der Waals surface area contributed by atoms with E-state index in [2.05, 4.69) is 143 Å². The van der Waals surface area contributed by atoms with Gasteiger partial charge in [0.15, 0.2) is 0 Å². The van der Waals surface area contributed by atoms with Crippen molar-refractivity contribution in [2.24, 2.45) is 0 Å². The van der Waals surface area contributed by atoms with Crippen LogP contribution in [0, 0.1) is 0 Å². The van der Waals surface area contributed by atoms with Crippen LogP contribution in [0.5, 0.6) is 0 Å². The molecule has 0 aliphatic carbocycles. The lowest BCUT2D eigenvalue weighted by atomic mass is 10.1. The van der Waals surface area contributed by atoms with Crippen LogP contribution in [0.4, 0.5) is 0 Å². The lowest BCUT2D eigenvalue weighted by Gasteiger charge is -2.41. The van der Waals surface area contributed by atoms with Crippen molar-refractivity contribution < 1.29 is 0 Å². The lowest BCUT2D eigenvalue weighted by Crippen LogP contribution is -2.03. The van der Waals surface area contributed by atoms with Gasteiger partial charge in [0.25, 0.3) is 0 Å². The van der Waals surface area contributed by atoms with Crippen LogP contribution in [-0.2, 0) is 0 Å². The quantitative estimate of drug-likeness (QED) is 0.214. The van der Waals surface area contributed by atoms with Crippen LogP contribution in [0.15, 0.2) is 151 Å². The summed E-state index contributed by atoms with van der Waals surface area (Å²) in [6, 6.07) is 47.2. The Morgan fingerprint density at radius 3 is 1.59 bits per heavy atom. The molecule has 0 aromatic heterocycles. The first-order valence-electron chi connectivity index (χ1n) is 11.5. The fourth-order valence-electron chi connectivity index (χ4n) is 5.56. The molecule has 6 aromatic carbocycles. The Balaban J connectivity index is 1.76. The third kappa shape index (κ3) is 2.67. The Kier molecular flexibility index (Phi) is 4.48. The largest absolute Gasteiger partial charge is 0.130 e. The van der Waals surface area contributed by atoms with Gasteiger partial charge in [-0.3, -0.25) is 0 Å². The second kappa shape index (κ2) is 7.59. The molecule has 0 atom stereocenters. The first kappa shape index (κ1) is 20.1. The van der Waals surface area contributed by atoms with Gasteiger partial charge < -0.3 is 0 Å². The zero-order chi connectivity index (χ0) is 22.7. The Morgan fingerprint density at radius 2 is 0.912 bits per heavy atom. The van der Waals surface area contributed by atoms with Crippen molar-refractivity contribution in [2.75, 3.05) is 0 Å². The molecule has 34 heavy (non-hydrogen) atoms. The summed E-state index contributed by atoms with van der Waals surface area (Å²) in [7, 11) is -1.74. The van der Waals surface area contributed by atoms with Crippen LogP contribution in [0.25, 0.3) is 32.7 Å². The monoisotopic (exact) mass is 516 g/mol. The van der Waals surface area contributed by atoms with Gasteiger partial charge in [-0.25, -0.2) is 0 Å². The molecule has 6 aromatic rings. The van der Waals surface area contributed by atoms with Gasteiger partial charge in [-0.05, 0) is 63.0 Å². The zero-order valence-electron chi connectivity index (χ0n) is 18.4. The molecule has 0 saturated heterocycles. The van der Waals surface area contributed by atoms with Crippen LogP contribution in [0.2, 0.25) is 0 Å². The first-order valence-corrected chi connectivity index (χ1v) is 13.9. The zero-order valence-corrected chi connectivity index (χ0v) is 20.8. The van der Waals surface area contributed by atoms with E-state index in [1.807, 2.05) is 0 Å². The van der Waals surface area contributed by atoms with E-state index in [-0.39, 0.29) is 0 Å². The summed E-state index contributed by atoms with van der Waals surface area (Å²) in [5, 5.41) is 5.23. The van der Waals surface area contributed by atoms with Crippen LogP contribution >= 0.6 is 26.0 Å². The van der Waals surface area contributed by atoms with E-state index in [9.17, 15) is 0 Å². The number of benzene rings is 6. The lowest BCUT2D eigenvalue weighted by molar-refractivity contribution is 1.33.